The van der Waals surface area contributed by atoms with Gasteiger partial charge in [0.05, 0.1) is 35.3 Å². The molecular weight excluding hydrogens is 508 g/mol. The molecule has 0 spiro atoms. The predicted octanol–water partition coefficient (Wildman–Crippen LogP) is 3.24. The van der Waals surface area contributed by atoms with Gasteiger partial charge in [0.2, 0.25) is 5.89 Å². The van der Waals surface area contributed by atoms with Crippen LogP contribution in [0.1, 0.15) is 52.9 Å². The van der Waals surface area contributed by atoms with Crippen LogP contribution in [0, 0.1) is 0 Å². The first-order valence-electron chi connectivity index (χ1n) is 9.59. The first-order valence-corrected chi connectivity index (χ1v) is 11.9. The first-order chi connectivity index (χ1) is 14.9. The quantitative estimate of drug-likeness (QED) is 0.398. The van der Waals surface area contributed by atoms with Gasteiger partial charge in [0.25, 0.3) is 0 Å². The van der Waals surface area contributed by atoms with Crippen molar-refractivity contribution in [3.63, 3.8) is 0 Å². The number of thioether (sulfide) groups is 1. The van der Waals surface area contributed by atoms with Gasteiger partial charge in [-0.05, 0) is 35.2 Å². The third kappa shape index (κ3) is 5.88. The predicted molar refractivity (Wildman–Crippen MR) is 123 cm³/mol. The Morgan fingerprint density at radius 1 is 1.48 bits per heavy atom. The molecule has 2 heterocycles. The summed E-state index contributed by atoms with van der Waals surface area (Å²) >= 11 is 10.3. The number of halogens is 1. The normalized spacial score (nSPS) is 18.5. The Kier molecular flexibility index (Phi) is 8.52. The zero-order valence-electron chi connectivity index (χ0n) is 16.9. The number of aromatic nitrogens is 2. The molecule has 0 saturated carbocycles. The smallest absolute Gasteiger partial charge is 0.339 e. The highest BCUT2D eigenvalue weighted by molar-refractivity contribution is 9.10. The van der Waals surface area contributed by atoms with Gasteiger partial charge in [-0.25, -0.2) is 4.79 Å². The number of benzene rings is 1. The van der Waals surface area contributed by atoms with Gasteiger partial charge in [-0.1, -0.05) is 17.4 Å². The van der Waals surface area contributed by atoms with Crippen LogP contribution >= 0.6 is 39.9 Å². The summed E-state index contributed by atoms with van der Waals surface area (Å²) in [4.78, 5) is 17.8. The largest absolute Gasteiger partial charge is 0.507 e. The van der Waals surface area contributed by atoms with Crippen LogP contribution in [-0.2, 0) is 17.0 Å². The fourth-order valence-corrected chi connectivity index (χ4v) is 5.04. The Hall–Kier alpha value is -1.89. The molecule has 2 aromatic rings. The first kappa shape index (κ1) is 23.8. The number of fused-ring (bicyclic) bond motifs is 1. The number of nitrogens with two attached hydrogens (primary N) is 1. The maximum Gasteiger partial charge on any atom is 0.339 e. The summed E-state index contributed by atoms with van der Waals surface area (Å²) in [6.45, 7) is 0.415. The fourth-order valence-electron chi connectivity index (χ4n) is 3.00. The number of aromatic hydroxyl groups is 1. The van der Waals surface area contributed by atoms with Crippen molar-refractivity contribution in [2.75, 3.05) is 19.5 Å². The lowest BCUT2D eigenvalue weighted by atomic mass is 10.1. The summed E-state index contributed by atoms with van der Waals surface area (Å²) in [6.07, 6.45) is 2.03. The molecule has 0 unspecified atom stereocenters. The number of hydrogen-bond acceptors (Lipinski definition) is 10. The van der Waals surface area contributed by atoms with Crippen LogP contribution < -0.4 is 15.8 Å². The summed E-state index contributed by atoms with van der Waals surface area (Å²) < 4.78 is 16.5. The third-order valence-electron chi connectivity index (χ3n) is 4.60. The number of nitrogens with one attached hydrogen (secondary N) is 1. The minimum Gasteiger partial charge on any atom is -0.507 e. The number of esters is 1. The Labute approximate surface area is 197 Å². The molecule has 168 valence electrons. The van der Waals surface area contributed by atoms with Crippen molar-refractivity contribution in [2.24, 2.45) is 5.73 Å². The lowest BCUT2D eigenvalue weighted by Crippen LogP contribution is -2.29. The van der Waals surface area contributed by atoms with E-state index in [4.69, 9.17) is 31.9 Å². The number of carbonyl (C=O) groups is 1. The summed E-state index contributed by atoms with van der Waals surface area (Å²) in [6, 6.07) is 1.14. The lowest BCUT2D eigenvalue weighted by Gasteiger charge is -2.19. The number of thiocarbonyl (C=S) groups is 1. The Morgan fingerprint density at radius 2 is 2.29 bits per heavy atom. The average Bonchev–Trinajstić information content (AvgIpc) is 3.23. The van der Waals surface area contributed by atoms with Crippen molar-refractivity contribution in [3.05, 3.63) is 33.4 Å². The van der Waals surface area contributed by atoms with Crippen LogP contribution in [0.5, 0.6) is 11.5 Å². The SMILES string of the molecule is COc1cc(O)c2c(c1Br)C(=O)OCCCCC(=S)N[C@H](c1nc(CN)no1)CSC2. The van der Waals surface area contributed by atoms with E-state index in [0.717, 1.165) is 6.42 Å². The number of methoxy groups -OCH3 is 1. The number of rotatable bonds is 3. The highest BCUT2D eigenvalue weighted by Crippen LogP contribution is 2.39. The number of ether oxygens (including phenoxy) is 2. The van der Waals surface area contributed by atoms with Gasteiger partial charge in [-0.3, -0.25) is 0 Å². The van der Waals surface area contributed by atoms with Crippen molar-refractivity contribution >= 4 is 50.9 Å². The topological polar surface area (TPSA) is 133 Å². The zero-order chi connectivity index (χ0) is 22.4. The monoisotopic (exact) mass is 530 g/mol. The standard InChI is InChI=1S/C19H23BrN4O5S2/c1-27-13-6-12(25)10-8-31-9-11(18-23-14(7-21)24-29-18)22-15(30)4-2-3-5-28-19(26)16(10)17(13)20/h6,11,25H,2-5,7-9,21H2,1H3,(H,22,30)/t11-/m0/s1. The van der Waals surface area contributed by atoms with E-state index in [1.807, 2.05) is 0 Å². The molecule has 0 saturated heterocycles. The number of nitrogens with zero attached hydrogens (tertiary/aromatic N) is 2. The van der Waals surface area contributed by atoms with E-state index in [1.165, 1.54) is 24.9 Å². The Bertz CT molecular complexity index is 956. The number of phenolic OH excluding ortho intramolecular Hbond substituents is 1. The molecule has 1 aliphatic heterocycles. The van der Waals surface area contributed by atoms with Gasteiger partial charge in [0, 0.05) is 23.1 Å². The molecule has 9 nitrogen and oxygen atoms in total. The highest BCUT2D eigenvalue weighted by atomic mass is 79.9. The second kappa shape index (κ2) is 11.1. The lowest BCUT2D eigenvalue weighted by molar-refractivity contribution is 0.0496. The van der Waals surface area contributed by atoms with E-state index >= 15 is 0 Å². The summed E-state index contributed by atoms with van der Waals surface area (Å²) in [5.74, 6) is 1.43. The zero-order valence-corrected chi connectivity index (χ0v) is 20.1. The minimum atomic E-state index is -0.518. The molecule has 1 atom stereocenters. The second-order valence-electron chi connectivity index (χ2n) is 6.75. The molecule has 0 amide bonds. The molecule has 12 heteroatoms. The second-order valence-corrected chi connectivity index (χ2v) is 9.06. The molecule has 0 radical (unpaired) electrons. The van der Waals surface area contributed by atoms with Crippen molar-refractivity contribution in [3.8, 4) is 11.5 Å². The van der Waals surface area contributed by atoms with Gasteiger partial charge in [-0.2, -0.15) is 16.7 Å². The van der Waals surface area contributed by atoms with E-state index in [0.29, 0.717) is 56.8 Å². The van der Waals surface area contributed by atoms with E-state index in [-0.39, 0.29) is 30.5 Å². The third-order valence-corrected chi connectivity index (χ3v) is 6.77. The van der Waals surface area contributed by atoms with Gasteiger partial charge >= 0.3 is 5.97 Å². The molecule has 3 rings (SSSR count). The average molecular weight is 531 g/mol. The minimum absolute atomic E-state index is 0.0465. The summed E-state index contributed by atoms with van der Waals surface area (Å²) in [7, 11) is 1.47. The van der Waals surface area contributed by atoms with E-state index in [9.17, 15) is 9.90 Å². The molecule has 4 N–H and O–H groups in total. The maximum atomic E-state index is 12.8. The Balaban J connectivity index is 1.91. The number of hydrogen-bond donors (Lipinski definition) is 3. The van der Waals surface area contributed by atoms with Crippen LogP contribution in [0.4, 0.5) is 0 Å². The van der Waals surface area contributed by atoms with E-state index < -0.39 is 5.97 Å². The van der Waals surface area contributed by atoms with E-state index in [2.05, 4.69) is 31.4 Å². The Morgan fingerprint density at radius 3 is 3.00 bits per heavy atom. The van der Waals surface area contributed by atoms with Crippen molar-refractivity contribution in [1.29, 1.82) is 0 Å². The summed E-state index contributed by atoms with van der Waals surface area (Å²) in [5.41, 5.74) is 6.30. The number of phenols is 1. The molecular formula is C19H23BrN4O5S2. The molecule has 1 aliphatic rings. The number of carbonyl (C=O) groups excluding carboxylic acids is 1. The summed E-state index contributed by atoms with van der Waals surface area (Å²) in [5, 5.41) is 17.7. The van der Waals surface area contributed by atoms with Crippen LogP contribution in [-0.4, -0.2) is 45.7 Å². The molecule has 0 fully saturated rings. The highest BCUT2D eigenvalue weighted by Gasteiger charge is 2.26. The molecule has 1 aromatic carbocycles. The van der Waals surface area contributed by atoms with E-state index in [1.54, 1.807) is 0 Å². The number of cyclic esters (lactones) is 1. The van der Waals surface area contributed by atoms with Crippen LogP contribution in [0.3, 0.4) is 0 Å². The van der Waals surface area contributed by atoms with Crippen molar-refractivity contribution in [2.45, 2.75) is 37.6 Å². The van der Waals surface area contributed by atoms with Gasteiger partial charge in [-0.15, -0.1) is 0 Å². The molecule has 0 aliphatic carbocycles. The van der Waals surface area contributed by atoms with Crippen LogP contribution in [0.2, 0.25) is 0 Å². The fraction of sp³-hybridized carbons (Fsp3) is 0.474. The van der Waals surface area contributed by atoms with Crippen molar-refractivity contribution in [1.82, 2.24) is 15.5 Å². The van der Waals surface area contributed by atoms with Crippen molar-refractivity contribution < 1.29 is 23.9 Å². The van der Waals surface area contributed by atoms with Gasteiger partial charge in [0.15, 0.2) is 5.82 Å². The molecule has 31 heavy (non-hydrogen) atoms. The molecule has 0 bridgehead atoms. The van der Waals surface area contributed by atoms with Crippen LogP contribution in [0.25, 0.3) is 0 Å². The maximum absolute atomic E-state index is 12.8. The van der Waals surface area contributed by atoms with Crippen LogP contribution in [0.15, 0.2) is 15.1 Å². The van der Waals surface area contributed by atoms with Gasteiger partial charge < -0.3 is 30.2 Å². The molecule has 1 aromatic heterocycles. The van der Waals surface area contributed by atoms with Gasteiger partial charge in [0.1, 0.15) is 17.5 Å².